The van der Waals surface area contributed by atoms with Crippen molar-refractivity contribution < 1.29 is 23.8 Å². The molecule has 1 saturated heterocycles. The molecule has 2 amide bonds. The van der Waals surface area contributed by atoms with Crippen LogP contribution in [-0.4, -0.2) is 74.3 Å². The van der Waals surface area contributed by atoms with Crippen LogP contribution >= 0.6 is 0 Å². The second kappa shape index (κ2) is 9.70. The monoisotopic (exact) mass is 425 g/mol. The zero-order valence-corrected chi connectivity index (χ0v) is 17.6. The number of amides is 2. The molecule has 2 aliphatic rings. The molecule has 2 aliphatic heterocycles. The molecule has 0 unspecified atom stereocenters. The minimum absolute atomic E-state index is 0.0406. The Bertz CT molecular complexity index is 923. The highest BCUT2D eigenvalue weighted by Gasteiger charge is 2.22. The van der Waals surface area contributed by atoms with Crippen LogP contribution in [0.1, 0.15) is 27.6 Å². The third kappa shape index (κ3) is 5.08. The van der Waals surface area contributed by atoms with Crippen molar-refractivity contribution in [3.63, 3.8) is 0 Å². The van der Waals surface area contributed by atoms with Gasteiger partial charge in [-0.25, -0.2) is 0 Å². The van der Waals surface area contributed by atoms with Gasteiger partial charge in [-0.1, -0.05) is 0 Å². The van der Waals surface area contributed by atoms with Gasteiger partial charge in [-0.15, -0.1) is 0 Å². The summed E-state index contributed by atoms with van der Waals surface area (Å²) in [6.45, 7) is 6.90. The van der Waals surface area contributed by atoms with Crippen LogP contribution in [0.5, 0.6) is 17.2 Å². The van der Waals surface area contributed by atoms with Gasteiger partial charge in [0, 0.05) is 50.4 Å². The Balaban J connectivity index is 1.19. The van der Waals surface area contributed by atoms with Gasteiger partial charge < -0.3 is 24.4 Å². The molecule has 0 saturated carbocycles. The maximum atomic E-state index is 12.7. The average molecular weight is 425 g/mol. The molecule has 1 N–H and O–H groups in total. The molecule has 4 rings (SSSR count). The third-order valence-corrected chi connectivity index (χ3v) is 5.42. The molecule has 2 aromatic rings. The number of nitrogens with zero attached hydrogens (tertiary/aromatic N) is 2. The van der Waals surface area contributed by atoms with Crippen molar-refractivity contribution in [1.82, 2.24) is 15.1 Å². The van der Waals surface area contributed by atoms with Crippen LogP contribution in [0.25, 0.3) is 0 Å². The largest absolute Gasteiger partial charge is 0.494 e. The summed E-state index contributed by atoms with van der Waals surface area (Å²) >= 11 is 0. The summed E-state index contributed by atoms with van der Waals surface area (Å²) in [5.74, 6) is 1.93. The molecule has 31 heavy (non-hydrogen) atoms. The van der Waals surface area contributed by atoms with E-state index in [1.54, 1.807) is 18.2 Å². The number of hydrogen-bond donors (Lipinski definition) is 1. The molecule has 2 heterocycles. The van der Waals surface area contributed by atoms with Crippen molar-refractivity contribution in [3.8, 4) is 17.2 Å². The Morgan fingerprint density at radius 2 is 1.68 bits per heavy atom. The van der Waals surface area contributed by atoms with Crippen LogP contribution < -0.4 is 19.5 Å². The Morgan fingerprint density at radius 1 is 0.968 bits per heavy atom. The summed E-state index contributed by atoms with van der Waals surface area (Å²) in [4.78, 5) is 29.2. The smallest absolute Gasteiger partial charge is 0.253 e. The van der Waals surface area contributed by atoms with Gasteiger partial charge in [0.15, 0.2) is 11.5 Å². The maximum Gasteiger partial charge on any atom is 0.253 e. The molecule has 0 aliphatic carbocycles. The van der Waals surface area contributed by atoms with E-state index in [1.165, 1.54) is 0 Å². The first-order valence-corrected chi connectivity index (χ1v) is 10.6. The predicted molar refractivity (Wildman–Crippen MR) is 115 cm³/mol. The van der Waals surface area contributed by atoms with Crippen molar-refractivity contribution in [2.75, 3.05) is 52.7 Å². The van der Waals surface area contributed by atoms with Crippen molar-refractivity contribution in [2.45, 2.75) is 6.92 Å². The molecule has 0 radical (unpaired) electrons. The lowest BCUT2D eigenvalue weighted by atomic mass is 10.1. The summed E-state index contributed by atoms with van der Waals surface area (Å²) in [6.07, 6.45) is 0. The highest BCUT2D eigenvalue weighted by Crippen LogP contribution is 2.32. The van der Waals surface area contributed by atoms with Crippen molar-refractivity contribution in [1.29, 1.82) is 0 Å². The second-order valence-corrected chi connectivity index (χ2v) is 7.42. The Kier molecular flexibility index (Phi) is 6.57. The molecule has 1 fully saturated rings. The molecular weight excluding hydrogens is 398 g/mol. The lowest BCUT2D eigenvalue weighted by Gasteiger charge is -2.34. The van der Waals surface area contributed by atoms with Gasteiger partial charge in [-0.05, 0) is 49.4 Å². The molecule has 8 nitrogen and oxygen atoms in total. The number of ether oxygens (including phenoxy) is 3. The summed E-state index contributed by atoms with van der Waals surface area (Å²) < 4.78 is 16.0. The lowest BCUT2D eigenvalue weighted by molar-refractivity contribution is 0.0638. The number of nitrogens with one attached hydrogen (secondary N) is 1. The van der Waals surface area contributed by atoms with E-state index in [2.05, 4.69) is 10.2 Å². The van der Waals surface area contributed by atoms with Gasteiger partial charge in [0.25, 0.3) is 11.8 Å². The van der Waals surface area contributed by atoms with E-state index in [1.807, 2.05) is 36.1 Å². The quantitative estimate of drug-likeness (QED) is 0.731. The van der Waals surface area contributed by atoms with Gasteiger partial charge in [-0.3, -0.25) is 14.5 Å². The van der Waals surface area contributed by atoms with Crippen LogP contribution in [0.4, 0.5) is 0 Å². The first kappa shape index (κ1) is 21.0. The topological polar surface area (TPSA) is 80.3 Å². The fourth-order valence-corrected chi connectivity index (χ4v) is 3.68. The number of carbonyl (C=O) groups excluding carboxylic acids is 2. The molecular formula is C23H27N3O5. The number of piperazine rings is 1. The lowest BCUT2D eigenvalue weighted by Crippen LogP contribution is -2.50. The number of rotatable bonds is 7. The number of carbonyl (C=O) groups is 2. The van der Waals surface area contributed by atoms with Crippen molar-refractivity contribution in [3.05, 3.63) is 53.6 Å². The van der Waals surface area contributed by atoms with Crippen molar-refractivity contribution in [2.24, 2.45) is 0 Å². The molecule has 164 valence electrons. The molecule has 0 spiro atoms. The number of benzene rings is 2. The van der Waals surface area contributed by atoms with Crippen LogP contribution in [0.3, 0.4) is 0 Å². The van der Waals surface area contributed by atoms with E-state index in [9.17, 15) is 9.59 Å². The normalized spacial score (nSPS) is 15.6. The van der Waals surface area contributed by atoms with Crippen LogP contribution in [-0.2, 0) is 0 Å². The Hall–Kier alpha value is -3.26. The van der Waals surface area contributed by atoms with Crippen LogP contribution in [0, 0.1) is 0 Å². The van der Waals surface area contributed by atoms with E-state index in [0.717, 1.165) is 25.4 Å². The first-order valence-electron chi connectivity index (χ1n) is 10.6. The maximum absolute atomic E-state index is 12.7. The summed E-state index contributed by atoms with van der Waals surface area (Å²) in [5.41, 5.74) is 1.22. The van der Waals surface area contributed by atoms with Gasteiger partial charge in [0.05, 0.1) is 6.61 Å². The third-order valence-electron chi connectivity index (χ3n) is 5.42. The highest BCUT2D eigenvalue weighted by atomic mass is 16.7. The summed E-state index contributed by atoms with van der Waals surface area (Å²) in [7, 11) is 0. The molecule has 0 bridgehead atoms. The molecule has 2 aromatic carbocycles. The summed E-state index contributed by atoms with van der Waals surface area (Å²) in [6, 6.07) is 12.5. The fraction of sp³-hybridized carbons (Fsp3) is 0.391. The van der Waals surface area contributed by atoms with Crippen LogP contribution in [0.2, 0.25) is 0 Å². The average Bonchev–Trinajstić information content (AvgIpc) is 3.28. The van der Waals surface area contributed by atoms with E-state index in [0.29, 0.717) is 48.9 Å². The number of fused-ring (bicyclic) bond motifs is 1. The molecule has 0 aromatic heterocycles. The van der Waals surface area contributed by atoms with Crippen molar-refractivity contribution >= 4 is 11.8 Å². The van der Waals surface area contributed by atoms with E-state index < -0.39 is 0 Å². The Morgan fingerprint density at radius 3 is 2.42 bits per heavy atom. The van der Waals surface area contributed by atoms with Gasteiger partial charge in [0.1, 0.15) is 5.75 Å². The van der Waals surface area contributed by atoms with Gasteiger partial charge in [-0.2, -0.15) is 0 Å². The van der Waals surface area contributed by atoms with Crippen LogP contribution in [0.15, 0.2) is 42.5 Å². The molecule has 0 atom stereocenters. The van der Waals surface area contributed by atoms with E-state index in [-0.39, 0.29) is 18.6 Å². The van der Waals surface area contributed by atoms with Gasteiger partial charge >= 0.3 is 0 Å². The summed E-state index contributed by atoms with van der Waals surface area (Å²) in [5, 5.41) is 2.94. The number of hydrogen-bond acceptors (Lipinski definition) is 6. The fourth-order valence-electron chi connectivity index (χ4n) is 3.68. The molecule has 8 heteroatoms. The minimum Gasteiger partial charge on any atom is -0.494 e. The predicted octanol–water partition coefficient (Wildman–Crippen LogP) is 2.00. The highest BCUT2D eigenvalue weighted by molar-refractivity contribution is 5.95. The SMILES string of the molecule is CCOc1ccc(C(=O)N2CCN(CCNC(=O)c3ccc4c(c3)OCO4)CC2)cc1. The standard InChI is InChI=1S/C23H27N3O5/c1-2-29-19-6-3-17(4-7-19)23(28)26-13-11-25(12-14-26)10-9-24-22(27)18-5-8-20-21(15-18)31-16-30-20/h3-8,15H,2,9-14,16H2,1H3,(H,24,27). The second-order valence-electron chi connectivity index (χ2n) is 7.42. The minimum atomic E-state index is -0.136. The van der Waals surface area contributed by atoms with E-state index in [4.69, 9.17) is 14.2 Å². The zero-order valence-electron chi connectivity index (χ0n) is 17.6. The van der Waals surface area contributed by atoms with Gasteiger partial charge in [0.2, 0.25) is 6.79 Å². The zero-order chi connectivity index (χ0) is 21.6. The Labute approximate surface area is 181 Å². The first-order chi connectivity index (χ1) is 15.1. The van der Waals surface area contributed by atoms with E-state index >= 15 is 0 Å².